The summed E-state index contributed by atoms with van der Waals surface area (Å²) >= 11 is 0. The minimum atomic E-state index is -0.288. The van der Waals surface area contributed by atoms with Crippen LogP contribution < -0.4 is 4.74 Å². The third-order valence-corrected chi connectivity index (χ3v) is 3.84. The number of fused-ring (bicyclic) bond motifs is 2. The Hall–Kier alpha value is -2.68. The lowest BCUT2D eigenvalue weighted by Gasteiger charge is -2.27. The summed E-state index contributed by atoms with van der Waals surface area (Å²) < 4.78 is 11.9. The van der Waals surface area contributed by atoms with Crippen LogP contribution in [-0.2, 0) is 0 Å². The molecule has 0 fully saturated rings. The van der Waals surface area contributed by atoms with Crippen LogP contribution in [0.5, 0.6) is 11.5 Å². The van der Waals surface area contributed by atoms with Crippen molar-refractivity contribution in [2.75, 3.05) is 0 Å². The van der Waals surface area contributed by atoms with Gasteiger partial charge in [-0.3, -0.25) is 0 Å². The molecular formula is C19H16O3. The molecule has 22 heavy (non-hydrogen) atoms. The van der Waals surface area contributed by atoms with E-state index < -0.39 is 0 Å². The molecule has 0 radical (unpaired) electrons. The minimum absolute atomic E-state index is 0.246. The largest absolute Gasteiger partial charge is 0.508 e. The Labute approximate surface area is 128 Å². The molecule has 110 valence electrons. The highest BCUT2D eigenvalue weighted by molar-refractivity contribution is 5.87. The molecule has 0 amide bonds. The highest BCUT2D eigenvalue weighted by Gasteiger charge is 2.22. The lowest BCUT2D eigenvalue weighted by Crippen LogP contribution is -2.27. The fraction of sp³-hybridized carbons (Fsp3) is 0.158. The molecular weight excluding hydrogens is 276 g/mol. The molecule has 1 aliphatic heterocycles. The van der Waals surface area contributed by atoms with Gasteiger partial charge in [-0.25, -0.2) is 0 Å². The third-order valence-electron chi connectivity index (χ3n) is 3.84. The number of phenols is 1. The first-order valence-corrected chi connectivity index (χ1v) is 7.25. The molecule has 0 spiro atoms. The average molecular weight is 292 g/mol. The van der Waals surface area contributed by atoms with E-state index >= 15 is 0 Å². The molecule has 0 saturated heterocycles. The van der Waals surface area contributed by atoms with Gasteiger partial charge in [0.15, 0.2) is 0 Å². The first kappa shape index (κ1) is 13.0. The molecule has 0 aliphatic carbocycles. The van der Waals surface area contributed by atoms with Crippen LogP contribution in [0, 0.1) is 0 Å². The van der Waals surface area contributed by atoms with Crippen LogP contribution in [0.2, 0.25) is 0 Å². The van der Waals surface area contributed by atoms with Crippen LogP contribution in [0.4, 0.5) is 0 Å². The monoisotopic (exact) mass is 292 g/mol. The quantitative estimate of drug-likeness (QED) is 0.687. The number of furan rings is 1. The molecule has 2 aromatic carbocycles. The van der Waals surface area contributed by atoms with Gasteiger partial charge in [0, 0.05) is 16.5 Å². The number of hydrogen-bond donors (Lipinski definition) is 1. The van der Waals surface area contributed by atoms with Crippen LogP contribution in [0.25, 0.3) is 28.4 Å². The van der Waals surface area contributed by atoms with Crippen molar-refractivity contribution in [1.29, 1.82) is 0 Å². The fourth-order valence-corrected chi connectivity index (χ4v) is 2.68. The van der Waals surface area contributed by atoms with Crippen LogP contribution >= 0.6 is 0 Å². The van der Waals surface area contributed by atoms with Gasteiger partial charge in [-0.2, -0.15) is 0 Å². The Kier molecular flexibility index (Phi) is 2.61. The number of ether oxygens (including phenoxy) is 1. The molecule has 3 aromatic rings. The van der Waals surface area contributed by atoms with E-state index in [0.717, 1.165) is 33.6 Å². The number of hydrogen-bond acceptors (Lipinski definition) is 3. The Balaban J connectivity index is 1.82. The van der Waals surface area contributed by atoms with E-state index in [1.54, 1.807) is 12.1 Å². The predicted molar refractivity (Wildman–Crippen MR) is 87.1 cm³/mol. The number of benzene rings is 2. The van der Waals surface area contributed by atoms with E-state index in [1.807, 2.05) is 50.3 Å². The molecule has 0 atom stereocenters. The topological polar surface area (TPSA) is 42.6 Å². The zero-order valence-corrected chi connectivity index (χ0v) is 12.5. The number of phenolic OH excluding ortho intramolecular Hbond substituents is 1. The Morgan fingerprint density at radius 2 is 1.77 bits per heavy atom. The highest BCUT2D eigenvalue weighted by atomic mass is 16.5. The van der Waals surface area contributed by atoms with Gasteiger partial charge in [0.05, 0.1) is 0 Å². The standard InChI is InChI=1S/C19H16O3/c1-19(2)8-7-13-9-17-14(11-18(13)22-19)10-16(21-17)12-3-5-15(20)6-4-12/h3-11,20H,1-2H3. The van der Waals surface area contributed by atoms with Crippen molar-refractivity contribution in [3.8, 4) is 22.8 Å². The maximum atomic E-state index is 9.38. The molecule has 3 nitrogen and oxygen atoms in total. The lowest BCUT2D eigenvalue weighted by atomic mass is 10.0. The van der Waals surface area contributed by atoms with Gasteiger partial charge in [0.25, 0.3) is 0 Å². The summed E-state index contributed by atoms with van der Waals surface area (Å²) in [6, 6.07) is 13.0. The van der Waals surface area contributed by atoms with Gasteiger partial charge in [-0.05, 0) is 62.4 Å². The first-order chi connectivity index (χ1) is 10.5. The second-order valence-corrected chi connectivity index (χ2v) is 6.12. The van der Waals surface area contributed by atoms with Crippen molar-refractivity contribution in [1.82, 2.24) is 0 Å². The van der Waals surface area contributed by atoms with Gasteiger partial charge >= 0.3 is 0 Å². The van der Waals surface area contributed by atoms with E-state index in [0.29, 0.717) is 0 Å². The van der Waals surface area contributed by atoms with Gasteiger partial charge in [0.2, 0.25) is 0 Å². The van der Waals surface area contributed by atoms with Crippen molar-refractivity contribution in [2.45, 2.75) is 19.4 Å². The summed E-state index contributed by atoms with van der Waals surface area (Å²) in [5, 5.41) is 10.4. The van der Waals surface area contributed by atoms with E-state index in [2.05, 4.69) is 6.08 Å². The Morgan fingerprint density at radius 3 is 2.55 bits per heavy atom. The zero-order valence-electron chi connectivity index (χ0n) is 12.5. The highest BCUT2D eigenvalue weighted by Crippen LogP contribution is 2.37. The molecule has 0 saturated carbocycles. The summed E-state index contributed by atoms with van der Waals surface area (Å²) in [7, 11) is 0. The Morgan fingerprint density at radius 1 is 1.00 bits per heavy atom. The van der Waals surface area contributed by atoms with Crippen LogP contribution in [0.1, 0.15) is 19.4 Å². The second kappa shape index (κ2) is 4.41. The smallest absolute Gasteiger partial charge is 0.135 e. The van der Waals surface area contributed by atoms with Crippen LogP contribution in [0.15, 0.2) is 53.0 Å². The molecule has 2 heterocycles. The van der Waals surface area contributed by atoms with E-state index in [-0.39, 0.29) is 11.4 Å². The van der Waals surface area contributed by atoms with Crippen molar-refractivity contribution in [3.05, 3.63) is 54.1 Å². The average Bonchev–Trinajstić information content (AvgIpc) is 2.87. The number of rotatable bonds is 1. The van der Waals surface area contributed by atoms with Crippen LogP contribution in [0.3, 0.4) is 0 Å². The zero-order chi connectivity index (χ0) is 15.3. The lowest BCUT2D eigenvalue weighted by molar-refractivity contribution is 0.159. The maximum absolute atomic E-state index is 9.38. The third kappa shape index (κ3) is 2.15. The van der Waals surface area contributed by atoms with E-state index in [1.165, 1.54) is 0 Å². The van der Waals surface area contributed by atoms with Crippen molar-refractivity contribution in [3.63, 3.8) is 0 Å². The second-order valence-electron chi connectivity index (χ2n) is 6.12. The minimum Gasteiger partial charge on any atom is -0.508 e. The first-order valence-electron chi connectivity index (χ1n) is 7.25. The summed E-state index contributed by atoms with van der Waals surface area (Å²) in [5.41, 5.74) is 2.50. The van der Waals surface area contributed by atoms with Crippen molar-refractivity contribution >= 4 is 17.0 Å². The van der Waals surface area contributed by atoms with Gasteiger partial charge in [-0.1, -0.05) is 6.08 Å². The molecule has 1 aromatic heterocycles. The summed E-state index contributed by atoms with van der Waals surface area (Å²) in [6.45, 7) is 4.07. The fourth-order valence-electron chi connectivity index (χ4n) is 2.68. The van der Waals surface area contributed by atoms with Crippen molar-refractivity contribution in [2.24, 2.45) is 0 Å². The molecule has 1 aliphatic rings. The Bertz CT molecular complexity index is 883. The SMILES string of the molecule is CC1(C)C=Cc2cc3oc(-c4ccc(O)cc4)cc3cc2O1. The van der Waals surface area contributed by atoms with Crippen molar-refractivity contribution < 1.29 is 14.3 Å². The molecule has 1 N–H and O–H groups in total. The van der Waals surface area contributed by atoms with Gasteiger partial charge in [-0.15, -0.1) is 0 Å². The summed E-state index contributed by atoms with van der Waals surface area (Å²) in [4.78, 5) is 0. The van der Waals surface area contributed by atoms with E-state index in [4.69, 9.17) is 9.15 Å². The predicted octanol–water partition coefficient (Wildman–Crippen LogP) is 4.99. The van der Waals surface area contributed by atoms with E-state index in [9.17, 15) is 5.11 Å². The summed E-state index contributed by atoms with van der Waals surface area (Å²) in [5.74, 6) is 1.90. The molecule has 4 rings (SSSR count). The summed E-state index contributed by atoms with van der Waals surface area (Å²) in [6.07, 6.45) is 4.12. The molecule has 0 unspecified atom stereocenters. The number of aromatic hydroxyl groups is 1. The molecule has 3 heteroatoms. The maximum Gasteiger partial charge on any atom is 0.135 e. The molecule has 0 bridgehead atoms. The van der Waals surface area contributed by atoms with Crippen LogP contribution in [-0.4, -0.2) is 10.7 Å². The van der Waals surface area contributed by atoms with Gasteiger partial charge < -0.3 is 14.3 Å². The normalized spacial score (nSPS) is 15.5. The van der Waals surface area contributed by atoms with Gasteiger partial charge in [0.1, 0.15) is 28.4 Å².